The molecule has 4 N–H and O–H groups in total. The zero-order valence-corrected chi connectivity index (χ0v) is 31.3. The zero-order valence-electron chi connectivity index (χ0n) is 31.3. The highest BCUT2D eigenvalue weighted by Crippen LogP contribution is 2.17. The number of carboxylic acid groups (broad SMARTS) is 1. The first-order valence-electron chi connectivity index (χ1n) is 18.3. The standard InChI is InChI=1S/C37H61N3O12/c1-37(2,3)52-36(46)30-14-16-31(17-15-30)51-21-10-8-6-4-5-7-9-12-32(41)38-18-11-13-33(42)39-19-22-47-24-26-49-28-34(43)40-20-23-48-25-27-50-29-35(44)45/h14-17H,4-13,18-29H2,1-3H3,(H,38,41)(H,39,42)(H,40,43)(H,44,45). The average molecular weight is 740 g/mol. The molecule has 0 aliphatic carbocycles. The fraction of sp³-hybridized carbons (Fsp3) is 0.703. The smallest absolute Gasteiger partial charge is 0.338 e. The third-order valence-corrected chi connectivity index (χ3v) is 7.05. The molecule has 0 heterocycles. The summed E-state index contributed by atoms with van der Waals surface area (Å²) in [6, 6.07) is 7.01. The number of hydrogen-bond donors (Lipinski definition) is 4. The molecule has 15 nitrogen and oxygen atoms in total. The van der Waals surface area contributed by atoms with Gasteiger partial charge in [0.1, 0.15) is 24.6 Å². The number of ether oxygens (including phenoxy) is 6. The topological polar surface area (TPSA) is 197 Å². The molecule has 1 aromatic carbocycles. The van der Waals surface area contributed by atoms with E-state index in [2.05, 4.69) is 16.0 Å². The molecule has 0 spiro atoms. The normalized spacial score (nSPS) is 11.1. The highest BCUT2D eigenvalue weighted by molar-refractivity contribution is 5.89. The fourth-order valence-electron chi connectivity index (χ4n) is 4.48. The van der Waals surface area contributed by atoms with Crippen molar-refractivity contribution in [2.24, 2.45) is 0 Å². The number of carbonyl (C=O) groups is 5. The largest absolute Gasteiger partial charge is 0.494 e. The summed E-state index contributed by atoms with van der Waals surface area (Å²) >= 11 is 0. The van der Waals surface area contributed by atoms with E-state index in [0.29, 0.717) is 57.7 Å². The molecule has 0 atom stereocenters. The number of amides is 3. The summed E-state index contributed by atoms with van der Waals surface area (Å²) in [5.74, 6) is -1.04. The monoisotopic (exact) mass is 739 g/mol. The van der Waals surface area contributed by atoms with Crippen LogP contribution in [0.2, 0.25) is 0 Å². The van der Waals surface area contributed by atoms with Crippen LogP contribution in [0.4, 0.5) is 0 Å². The van der Waals surface area contributed by atoms with Crippen LogP contribution >= 0.6 is 0 Å². The van der Waals surface area contributed by atoms with E-state index >= 15 is 0 Å². The Morgan fingerprint density at radius 1 is 0.558 bits per heavy atom. The van der Waals surface area contributed by atoms with Crippen LogP contribution in [0.15, 0.2) is 24.3 Å². The van der Waals surface area contributed by atoms with E-state index in [1.54, 1.807) is 24.3 Å². The van der Waals surface area contributed by atoms with Crippen molar-refractivity contribution in [2.75, 3.05) is 79.1 Å². The predicted molar refractivity (Wildman–Crippen MR) is 193 cm³/mol. The highest BCUT2D eigenvalue weighted by atomic mass is 16.6. The van der Waals surface area contributed by atoms with Gasteiger partial charge in [-0.05, 0) is 64.3 Å². The third-order valence-electron chi connectivity index (χ3n) is 7.05. The molecule has 0 saturated carbocycles. The van der Waals surface area contributed by atoms with Gasteiger partial charge in [-0.1, -0.05) is 32.1 Å². The lowest BCUT2D eigenvalue weighted by Crippen LogP contribution is -2.31. The minimum absolute atomic E-state index is 0.0102. The number of benzene rings is 1. The molecule has 0 unspecified atom stereocenters. The van der Waals surface area contributed by atoms with Gasteiger partial charge in [-0.25, -0.2) is 9.59 Å². The first-order valence-corrected chi connectivity index (χ1v) is 18.3. The van der Waals surface area contributed by atoms with Gasteiger partial charge in [0.05, 0.1) is 51.8 Å². The Kier molecular flexibility index (Phi) is 26.5. The second-order valence-electron chi connectivity index (χ2n) is 13.0. The lowest BCUT2D eigenvalue weighted by atomic mass is 10.1. The van der Waals surface area contributed by atoms with Crippen molar-refractivity contribution in [1.29, 1.82) is 0 Å². The van der Waals surface area contributed by atoms with Gasteiger partial charge in [0.25, 0.3) is 0 Å². The number of unbranched alkanes of at least 4 members (excludes halogenated alkanes) is 6. The van der Waals surface area contributed by atoms with E-state index in [9.17, 15) is 24.0 Å². The van der Waals surface area contributed by atoms with E-state index in [1.807, 2.05) is 20.8 Å². The first kappa shape index (κ1) is 46.2. The number of nitrogens with one attached hydrogen (secondary N) is 3. The van der Waals surface area contributed by atoms with Crippen molar-refractivity contribution in [3.05, 3.63) is 29.8 Å². The summed E-state index contributed by atoms with van der Waals surface area (Å²) in [5, 5.41) is 16.7. The van der Waals surface area contributed by atoms with Gasteiger partial charge in [0, 0.05) is 32.5 Å². The Morgan fingerprint density at radius 3 is 1.65 bits per heavy atom. The molecular formula is C37H61N3O12. The lowest BCUT2D eigenvalue weighted by Gasteiger charge is -2.19. The van der Waals surface area contributed by atoms with Gasteiger partial charge in [0.2, 0.25) is 17.7 Å². The van der Waals surface area contributed by atoms with Crippen LogP contribution in [0, 0.1) is 0 Å². The van der Waals surface area contributed by atoms with Crippen molar-refractivity contribution in [2.45, 2.75) is 90.6 Å². The van der Waals surface area contributed by atoms with Crippen molar-refractivity contribution in [3.63, 3.8) is 0 Å². The second-order valence-corrected chi connectivity index (χ2v) is 13.0. The molecule has 296 valence electrons. The Labute approximate surface area is 308 Å². The maximum atomic E-state index is 12.1. The van der Waals surface area contributed by atoms with Crippen LogP contribution in [0.3, 0.4) is 0 Å². The molecule has 3 amide bonds. The second kappa shape index (κ2) is 29.8. The number of aliphatic carboxylic acids is 1. The van der Waals surface area contributed by atoms with E-state index in [1.165, 1.54) is 0 Å². The molecule has 0 fully saturated rings. The summed E-state index contributed by atoms with van der Waals surface area (Å²) in [6.45, 7) is 8.26. The summed E-state index contributed by atoms with van der Waals surface area (Å²) in [7, 11) is 0. The molecule has 15 heteroatoms. The fourth-order valence-corrected chi connectivity index (χ4v) is 4.48. The van der Waals surface area contributed by atoms with E-state index in [4.69, 9.17) is 33.5 Å². The number of carboxylic acids is 1. The maximum Gasteiger partial charge on any atom is 0.338 e. The Morgan fingerprint density at radius 2 is 1.06 bits per heavy atom. The molecule has 0 aliphatic heterocycles. The number of rotatable bonds is 32. The quantitative estimate of drug-likeness (QED) is 0.0622. The van der Waals surface area contributed by atoms with Gasteiger partial charge >= 0.3 is 11.9 Å². The van der Waals surface area contributed by atoms with E-state index in [-0.39, 0.29) is 69.9 Å². The van der Waals surface area contributed by atoms with Gasteiger partial charge in [-0.3, -0.25) is 14.4 Å². The Bertz CT molecular complexity index is 1140. The zero-order chi connectivity index (χ0) is 38.3. The predicted octanol–water partition coefficient (Wildman–Crippen LogP) is 3.42. The molecule has 52 heavy (non-hydrogen) atoms. The summed E-state index contributed by atoms with van der Waals surface area (Å²) in [6.07, 6.45) is 8.57. The minimum Gasteiger partial charge on any atom is -0.494 e. The summed E-state index contributed by atoms with van der Waals surface area (Å²) in [5.41, 5.74) is -0.0222. The molecule has 1 aromatic rings. The van der Waals surface area contributed by atoms with Crippen LogP contribution in [-0.2, 0) is 42.9 Å². The maximum absolute atomic E-state index is 12.1. The van der Waals surface area contributed by atoms with Crippen LogP contribution in [-0.4, -0.2) is 119 Å². The van der Waals surface area contributed by atoms with Crippen molar-refractivity contribution < 1.29 is 57.5 Å². The average Bonchev–Trinajstić information content (AvgIpc) is 3.09. The van der Waals surface area contributed by atoms with Crippen LogP contribution in [0.25, 0.3) is 0 Å². The highest BCUT2D eigenvalue weighted by Gasteiger charge is 2.17. The number of carbonyl (C=O) groups excluding carboxylic acids is 4. The van der Waals surface area contributed by atoms with Crippen molar-refractivity contribution in [1.82, 2.24) is 16.0 Å². The van der Waals surface area contributed by atoms with E-state index in [0.717, 1.165) is 50.7 Å². The van der Waals surface area contributed by atoms with Gasteiger partial charge < -0.3 is 49.5 Å². The number of hydrogen-bond acceptors (Lipinski definition) is 11. The Balaban J connectivity index is 1.85. The third kappa shape index (κ3) is 28.9. The number of esters is 1. The van der Waals surface area contributed by atoms with Crippen LogP contribution < -0.4 is 20.7 Å². The molecule has 0 radical (unpaired) electrons. The van der Waals surface area contributed by atoms with Gasteiger partial charge in [-0.15, -0.1) is 0 Å². The molecule has 1 rings (SSSR count). The summed E-state index contributed by atoms with van der Waals surface area (Å²) < 4.78 is 31.8. The molecule has 0 aromatic heterocycles. The van der Waals surface area contributed by atoms with Gasteiger partial charge in [0.15, 0.2) is 0 Å². The molecular weight excluding hydrogens is 678 g/mol. The van der Waals surface area contributed by atoms with Crippen molar-refractivity contribution in [3.8, 4) is 5.75 Å². The van der Waals surface area contributed by atoms with Crippen LogP contribution in [0.5, 0.6) is 5.75 Å². The van der Waals surface area contributed by atoms with Crippen molar-refractivity contribution >= 4 is 29.7 Å². The van der Waals surface area contributed by atoms with E-state index < -0.39 is 11.6 Å². The lowest BCUT2D eigenvalue weighted by molar-refractivity contribution is -0.142. The molecule has 0 aliphatic rings. The molecule has 0 bridgehead atoms. The minimum atomic E-state index is -1.04. The SMILES string of the molecule is CC(C)(C)OC(=O)c1ccc(OCCCCCCCCCC(=O)NCCCC(=O)NCCOCCOCC(=O)NCCOCCOCC(=O)O)cc1. The van der Waals surface area contributed by atoms with Gasteiger partial charge in [-0.2, -0.15) is 0 Å². The summed E-state index contributed by atoms with van der Waals surface area (Å²) in [4.78, 5) is 58.1. The Hall–Kier alpha value is -3.79. The molecule has 0 saturated heterocycles. The first-order chi connectivity index (χ1) is 25.0. The van der Waals surface area contributed by atoms with Crippen LogP contribution in [0.1, 0.15) is 95.3 Å².